The Morgan fingerprint density at radius 1 is 1.26 bits per heavy atom. The van der Waals surface area contributed by atoms with Crippen LogP contribution in [0.4, 0.5) is 5.69 Å². The van der Waals surface area contributed by atoms with Crippen LogP contribution in [0.5, 0.6) is 0 Å². The molecule has 0 saturated heterocycles. The molecule has 0 aliphatic heterocycles. The molecule has 2 nitrogen and oxygen atoms in total. The van der Waals surface area contributed by atoms with E-state index in [9.17, 15) is 4.79 Å². The Morgan fingerprint density at radius 2 is 2.00 bits per heavy atom. The van der Waals surface area contributed by atoms with Crippen molar-refractivity contribution in [1.82, 2.24) is 0 Å². The second-order valence-corrected chi connectivity index (χ2v) is 5.66. The first-order chi connectivity index (χ1) is 9.11. The molecule has 0 spiro atoms. The van der Waals surface area contributed by atoms with Crippen LogP contribution in [0.25, 0.3) is 0 Å². The standard InChI is InChI=1S/C15H13ClINO/c1-2-10-5-3-4-6-14(10)18-15(19)11-7-8-12(16)13(17)9-11/h3-9H,2H2,1H3,(H,18,19). The molecular weight excluding hydrogens is 373 g/mol. The Kier molecular flexibility index (Phi) is 4.82. The van der Waals surface area contributed by atoms with Gasteiger partial charge in [-0.1, -0.05) is 36.7 Å². The molecule has 0 atom stereocenters. The van der Waals surface area contributed by atoms with E-state index in [1.165, 1.54) is 0 Å². The van der Waals surface area contributed by atoms with Gasteiger partial charge in [-0.2, -0.15) is 0 Å². The van der Waals surface area contributed by atoms with E-state index in [0.29, 0.717) is 10.6 Å². The molecule has 0 aliphatic rings. The van der Waals surface area contributed by atoms with Gasteiger partial charge in [0, 0.05) is 14.8 Å². The minimum atomic E-state index is -0.115. The molecule has 2 aromatic carbocycles. The molecule has 0 radical (unpaired) electrons. The minimum Gasteiger partial charge on any atom is -0.322 e. The number of hydrogen-bond donors (Lipinski definition) is 1. The molecule has 0 heterocycles. The average Bonchev–Trinajstić information content (AvgIpc) is 2.42. The molecule has 98 valence electrons. The summed E-state index contributed by atoms with van der Waals surface area (Å²) < 4.78 is 0.871. The molecule has 1 N–H and O–H groups in total. The molecule has 2 aromatic rings. The largest absolute Gasteiger partial charge is 0.322 e. The van der Waals surface area contributed by atoms with Crippen LogP contribution < -0.4 is 5.32 Å². The van der Waals surface area contributed by atoms with Gasteiger partial charge in [0.25, 0.3) is 5.91 Å². The van der Waals surface area contributed by atoms with Crippen molar-refractivity contribution in [3.05, 3.63) is 62.2 Å². The minimum absolute atomic E-state index is 0.115. The number of aryl methyl sites for hydroxylation is 1. The number of halogens is 2. The normalized spacial score (nSPS) is 10.3. The number of benzene rings is 2. The highest BCUT2D eigenvalue weighted by molar-refractivity contribution is 14.1. The first kappa shape index (κ1) is 14.3. The predicted molar refractivity (Wildman–Crippen MR) is 87.9 cm³/mol. The Bertz CT molecular complexity index is 613. The summed E-state index contributed by atoms with van der Waals surface area (Å²) in [6.45, 7) is 2.07. The number of carbonyl (C=O) groups is 1. The SMILES string of the molecule is CCc1ccccc1NC(=O)c1ccc(Cl)c(I)c1. The van der Waals surface area contributed by atoms with E-state index in [0.717, 1.165) is 21.2 Å². The fourth-order valence-corrected chi connectivity index (χ4v) is 2.42. The maximum atomic E-state index is 12.2. The van der Waals surface area contributed by atoms with Crippen LogP contribution in [0.1, 0.15) is 22.8 Å². The van der Waals surface area contributed by atoms with Gasteiger partial charge in [0.2, 0.25) is 0 Å². The summed E-state index contributed by atoms with van der Waals surface area (Å²) in [6, 6.07) is 13.1. The highest BCUT2D eigenvalue weighted by Crippen LogP contribution is 2.21. The summed E-state index contributed by atoms with van der Waals surface area (Å²) in [5.74, 6) is -0.115. The lowest BCUT2D eigenvalue weighted by Crippen LogP contribution is -2.13. The molecule has 0 aromatic heterocycles. The van der Waals surface area contributed by atoms with Crippen molar-refractivity contribution in [1.29, 1.82) is 0 Å². The Balaban J connectivity index is 2.23. The average molecular weight is 386 g/mol. The maximum Gasteiger partial charge on any atom is 0.255 e. The summed E-state index contributed by atoms with van der Waals surface area (Å²) in [5, 5.41) is 3.60. The predicted octanol–water partition coefficient (Wildman–Crippen LogP) is 4.76. The summed E-state index contributed by atoms with van der Waals surface area (Å²) in [6.07, 6.45) is 0.884. The van der Waals surface area contributed by atoms with Crippen LogP contribution in [-0.4, -0.2) is 5.91 Å². The van der Waals surface area contributed by atoms with Crippen LogP contribution in [0, 0.1) is 3.57 Å². The first-order valence-corrected chi connectivity index (χ1v) is 7.41. The van der Waals surface area contributed by atoms with Gasteiger partial charge >= 0.3 is 0 Å². The second kappa shape index (κ2) is 6.39. The summed E-state index contributed by atoms with van der Waals surface area (Å²) in [4.78, 5) is 12.2. The van der Waals surface area contributed by atoms with E-state index in [1.54, 1.807) is 18.2 Å². The molecule has 2 rings (SSSR count). The number of anilines is 1. The van der Waals surface area contributed by atoms with E-state index in [2.05, 4.69) is 34.8 Å². The summed E-state index contributed by atoms with van der Waals surface area (Å²) in [5.41, 5.74) is 2.60. The van der Waals surface area contributed by atoms with Crippen LogP contribution in [-0.2, 0) is 6.42 Å². The van der Waals surface area contributed by atoms with Crippen LogP contribution in [0.15, 0.2) is 42.5 Å². The quantitative estimate of drug-likeness (QED) is 0.758. The number of para-hydroxylation sites is 1. The van der Waals surface area contributed by atoms with Gasteiger partial charge in [-0.3, -0.25) is 4.79 Å². The van der Waals surface area contributed by atoms with Crippen molar-refractivity contribution in [2.24, 2.45) is 0 Å². The molecule has 0 bridgehead atoms. The number of carbonyl (C=O) groups excluding carboxylic acids is 1. The Hall–Kier alpha value is -1.07. The van der Waals surface area contributed by atoms with Crippen LogP contribution >= 0.6 is 34.2 Å². The zero-order chi connectivity index (χ0) is 13.8. The molecular formula is C15H13ClINO. The molecule has 19 heavy (non-hydrogen) atoms. The van der Waals surface area contributed by atoms with E-state index in [-0.39, 0.29) is 5.91 Å². The lowest BCUT2D eigenvalue weighted by Gasteiger charge is -2.10. The maximum absolute atomic E-state index is 12.2. The third kappa shape index (κ3) is 3.48. The lowest BCUT2D eigenvalue weighted by molar-refractivity contribution is 0.102. The van der Waals surface area contributed by atoms with E-state index in [1.807, 2.05) is 24.3 Å². The number of rotatable bonds is 3. The third-order valence-corrected chi connectivity index (χ3v) is 4.37. The Labute approximate surface area is 131 Å². The lowest BCUT2D eigenvalue weighted by atomic mass is 10.1. The second-order valence-electron chi connectivity index (χ2n) is 4.09. The fourth-order valence-electron chi connectivity index (χ4n) is 1.78. The number of amides is 1. The Morgan fingerprint density at radius 3 is 2.68 bits per heavy atom. The van der Waals surface area contributed by atoms with Gasteiger partial charge in [-0.15, -0.1) is 0 Å². The topological polar surface area (TPSA) is 29.1 Å². The number of nitrogens with one attached hydrogen (secondary N) is 1. The van der Waals surface area contributed by atoms with Gasteiger partial charge in [0.15, 0.2) is 0 Å². The monoisotopic (exact) mass is 385 g/mol. The van der Waals surface area contributed by atoms with Crippen molar-refractivity contribution in [3.63, 3.8) is 0 Å². The van der Waals surface area contributed by atoms with Crippen molar-refractivity contribution in [2.45, 2.75) is 13.3 Å². The molecule has 0 saturated carbocycles. The van der Waals surface area contributed by atoms with Gasteiger partial charge in [-0.05, 0) is 58.8 Å². The molecule has 0 fully saturated rings. The van der Waals surface area contributed by atoms with Crippen molar-refractivity contribution < 1.29 is 4.79 Å². The fraction of sp³-hybridized carbons (Fsp3) is 0.133. The molecule has 1 amide bonds. The van der Waals surface area contributed by atoms with Crippen LogP contribution in [0.3, 0.4) is 0 Å². The van der Waals surface area contributed by atoms with Gasteiger partial charge in [-0.25, -0.2) is 0 Å². The molecule has 0 aliphatic carbocycles. The smallest absolute Gasteiger partial charge is 0.255 e. The van der Waals surface area contributed by atoms with Gasteiger partial charge in [0.1, 0.15) is 0 Å². The van der Waals surface area contributed by atoms with Crippen molar-refractivity contribution in [3.8, 4) is 0 Å². The highest BCUT2D eigenvalue weighted by atomic mass is 127. The number of hydrogen-bond acceptors (Lipinski definition) is 1. The molecule has 4 heteroatoms. The van der Waals surface area contributed by atoms with Gasteiger partial charge in [0.05, 0.1) is 5.02 Å². The highest BCUT2D eigenvalue weighted by Gasteiger charge is 2.09. The first-order valence-electron chi connectivity index (χ1n) is 5.96. The van der Waals surface area contributed by atoms with Crippen molar-refractivity contribution in [2.75, 3.05) is 5.32 Å². The zero-order valence-corrected chi connectivity index (χ0v) is 13.3. The van der Waals surface area contributed by atoms with E-state index >= 15 is 0 Å². The van der Waals surface area contributed by atoms with Crippen molar-refractivity contribution >= 4 is 45.8 Å². The summed E-state index contributed by atoms with van der Waals surface area (Å²) >= 11 is 8.07. The van der Waals surface area contributed by atoms with E-state index < -0.39 is 0 Å². The van der Waals surface area contributed by atoms with Crippen LogP contribution in [0.2, 0.25) is 5.02 Å². The van der Waals surface area contributed by atoms with Gasteiger partial charge < -0.3 is 5.32 Å². The molecule has 0 unspecified atom stereocenters. The zero-order valence-electron chi connectivity index (χ0n) is 10.4. The summed E-state index contributed by atoms with van der Waals surface area (Å²) in [7, 11) is 0. The third-order valence-electron chi connectivity index (χ3n) is 2.83. The van der Waals surface area contributed by atoms with E-state index in [4.69, 9.17) is 11.6 Å².